The van der Waals surface area contributed by atoms with Gasteiger partial charge in [-0.25, -0.2) is 4.39 Å². The first kappa shape index (κ1) is 22.9. The Balaban J connectivity index is 2.01. The molecule has 0 radical (unpaired) electrons. The molecule has 3 rings (SSSR count). The highest BCUT2D eigenvalue weighted by Crippen LogP contribution is 2.26. The molecule has 168 valence electrons. The van der Waals surface area contributed by atoms with Gasteiger partial charge in [-0.1, -0.05) is 6.07 Å². The molecule has 0 aliphatic rings. The number of amides is 2. The SMILES string of the molecule is CC(=O)NCc1cc(F)ccc1Cc1cnc2c(O)c(C(=O)NCCO)c(=O)n(C)c2c1. The molecule has 2 amide bonds. The fourth-order valence-corrected chi connectivity index (χ4v) is 3.36. The van der Waals surface area contributed by atoms with Gasteiger partial charge in [-0.15, -0.1) is 0 Å². The largest absolute Gasteiger partial charge is 0.505 e. The van der Waals surface area contributed by atoms with Gasteiger partial charge >= 0.3 is 0 Å². The highest BCUT2D eigenvalue weighted by molar-refractivity contribution is 6.01. The first-order chi connectivity index (χ1) is 15.2. The second-order valence-electron chi connectivity index (χ2n) is 7.28. The molecule has 0 bridgehead atoms. The number of nitrogens with zero attached hydrogens (tertiary/aromatic N) is 2. The van der Waals surface area contributed by atoms with Crippen molar-refractivity contribution in [1.29, 1.82) is 0 Å². The topological polar surface area (TPSA) is 134 Å². The van der Waals surface area contributed by atoms with E-state index in [0.717, 1.165) is 5.56 Å². The maximum atomic E-state index is 13.7. The van der Waals surface area contributed by atoms with Crippen molar-refractivity contribution in [2.24, 2.45) is 7.05 Å². The van der Waals surface area contributed by atoms with Crippen LogP contribution in [-0.2, 0) is 24.8 Å². The summed E-state index contributed by atoms with van der Waals surface area (Å²) in [5.41, 5.74) is 1.27. The summed E-state index contributed by atoms with van der Waals surface area (Å²) in [6.07, 6.45) is 1.83. The van der Waals surface area contributed by atoms with Gasteiger partial charge in [-0.05, 0) is 41.3 Å². The maximum Gasteiger partial charge on any atom is 0.267 e. The number of hydrogen-bond donors (Lipinski definition) is 4. The van der Waals surface area contributed by atoms with Crippen LogP contribution in [0.4, 0.5) is 4.39 Å². The Morgan fingerprint density at radius 1 is 1.19 bits per heavy atom. The number of fused-ring (bicyclic) bond motifs is 1. The molecule has 0 aliphatic heterocycles. The van der Waals surface area contributed by atoms with Crippen molar-refractivity contribution in [1.82, 2.24) is 20.2 Å². The van der Waals surface area contributed by atoms with E-state index < -0.39 is 28.6 Å². The minimum atomic E-state index is -0.807. The molecule has 0 atom stereocenters. The summed E-state index contributed by atoms with van der Waals surface area (Å²) in [6.45, 7) is 1.16. The van der Waals surface area contributed by atoms with Crippen molar-refractivity contribution in [3.63, 3.8) is 0 Å². The van der Waals surface area contributed by atoms with E-state index >= 15 is 0 Å². The lowest BCUT2D eigenvalue weighted by molar-refractivity contribution is -0.119. The van der Waals surface area contributed by atoms with E-state index in [0.29, 0.717) is 23.1 Å². The van der Waals surface area contributed by atoms with Crippen LogP contribution in [0.5, 0.6) is 5.75 Å². The van der Waals surface area contributed by atoms with Crippen molar-refractivity contribution in [2.45, 2.75) is 19.9 Å². The molecule has 0 saturated carbocycles. The molecule has 0 unspecified atom stereocenters. The molecule has 2 heterocycles. The molecule has 0 spiro atoms. The van der Waals surface area contributed by atoms with E-state index in [1.807, 2.05) is 0 Å². The highest BCUT2D eigenvalue weighted by Gasteiger charge is 2.22. The smallest absolute Gasteiger partial charge is 0.267 e. The molecule has 10 heteroatoms. The third kappa shape index (κ3) is 4.75. The average molecular weight is 442 g/mol. The number of benzene rings is 1. The summed E-state index contributed by atoms with van der Waals surface area (Å²) in [5, 5.41) is 24.4. The van der Waals surface area contributed by atoms with Crippen LogP contribution in [0, 0.1) is 5.82 Å². The summed E-state index contributed by atoms with van der Waals surface area (Å²) >= 11 is 0. The van der Waals surface area contributed by atoms with Gasteiger partial charge in [-0.2, -0.15) is 0 Å². The van der Waals surface area contributed by atoms with Crippen molar-refractivity contribution in [3.05, 3.63) is 68.9 Å². The van der Waals surface area contributed by atoms with Crippen molar-refractivity contribution in [2.75, 3.05) is 13.2 Å². The summed E-state index contributed by atoms with van der Waals surface area (Å²) < 4.78 is 14.9. The number of hydrogen-bond acceptors (Lipinski definition) is 6. The first-order valence-corrected chi connectivity index (χ1v) is 9.84. The molecule has 4 N–H and O–H groups in total. The predicted molar refractivity (Wildman–Crippen MR) is 115 cm³/mol. The van der Waals surface area contributed by atoms with Gasteiger partial charge in [0.2, 0.25) is 5.91 Å². The van der Waals surface area contributed by atoms with Gasteiger partial charge in [0.25, 0.3) is 11.5 Å². The number of halogens is 1. The highest BCUT2D eigenvalue weighted by atomic mass is 19.1. The van der Waals surface area contributed by atoms with E-state index in [4.69, 9.17) is 5.11 Å². The number of carbonyl (C=O) groups excluding carboxylic acids is 2. The zero-order chi connectivity index (χ0) is 23.4. The normalized spacial score (nSPS) is 10.9. The Kier molecular flexibility index (Phi) is 6.84. The second-order valence-corrected chi connectivity index (χ2v) is 7.28. The van der Waals surface area contributed by atoms with Gasteiger partial charge in [0.05, 0.1) is 12.1 Å². The number of aromatic nitrogens is 2. The van der Waals surface area contributed by atoms with Crippen LogP contribution in [0.25, 0.3) is 11.0 Å². The molecule has 32 heavy (non-hydrogen) atoms. The summed E-state index contributed by atoms with van der Waals surface area (Å²) in [7, 11) is 1.46. The lowest BCUT2D eigenvalue weighted by atomic mass is 10.00. The van der Waals surface area contributed by atoms with Crippen LogP contribution in [0.1, 0.15) is 34.0 Å². The number of pyridine rings is 2. The Hall–Kier alpha value is -3.79. The van der Waals surface area contributed by atoms with E-state index in [1.165, 1.54) is 36.9 Å². The lowest BCUT2D eigenvalue weighted by Gasteiger charge is -2.14. The number of aliphatic hydroxyl groups is 1. The monoisotopic (exact) mass is 442 g/mol. The van der Waals surface area contributed by atoms with E-state index in [1.54, 1.807) is 12.1 Å². The Morgan fingerprint density at radius 2 is 1.94 bits per heavy atom. The van der Waals surface area contributed by atoms with Crippen molar-refractivity contribution < 1.29 is 24.2 Å². The van der Waals surface area contributed by atoms with Crippen molar-refractivity contribution >= 4 is 22.8 Å². The van der Waals surface area contributed by atoms with Crippen LogP contribution >= 0.6 is 0 Å². The molecule has 0 saturated heterocycles. The summed E-state index contributed by atoms with van der Waals surface area (Å²) in [4.78, 5) is 40.4. The minimum absolute atomic E-state index is 0.0652. The van der Waals surface area contributed by atoms with Crippen LogP contribution in [-0.4, -0.2) is 44.7 Å². The fourth-order valence-electron chi connectivity index (χ4n) is 3.36. The second kappa shape index (κ2) is 9.56. The molecule has 1 aromatic carbocycles. The van der Waals surface area contributed by atoms with Gasteiger partial charge in [0.1, 0.15) is 16.9 Å². The summed E-state index contributed by atoms with van der Waals surface area (Å²) in [5.74, 6) is -2.01. The van der Waals surface area contributed by atoms with Crippen LogP contribution < -0.4 is 16.2 Å². The number of aromatic hydroxyl groups is 1. The molecule has 3 aromatic rings. The van der Waals surface area contributed by atoms with E-state index in [9.17, 15) is 23.9 Å². The molecule has 9 nitrogen and oxygen atoms in total. The third-order valence-corrected chi connectivity index (χ3v) is 4.98. The Labute approximate surface area is 182 Å². The predicted octanol–water partition coefficient (Wildman–Crippen LogP) is 0.727. The molecule has 0 fully saturated rings. The molecular weight excluding hydrogens is 419 g/mol. The van der Waals surface area contributed by atoms with E-state index in [-0.39, 0.29) is 31.1 Å². The molecule has 0 aliphatic carbocycles. The third-order valence-electron chi connectivity index (χ3n) is 4.98. The first-order valence-electron chi connectivity index (χ1n) is 9.84. The quantitative estimate of drug-likeness (QED) is 0.426. The van der Waals surface area contributed by atoms with Crippen molar-refractivity contribution in [3.8, 4) is 5.75 Å². The average Bonchev–Trinajstić information content (AvgIpc) is 2.76. The number of aliphatic hydroxyl groups excluding tert-OH is 1. The zero-order valence-electron chi connectivity index (χ0n) is 17.6. The van der Waals surface area contributed by atoms with E-state index in [2.05, 4.69) is 15.6 Å². The fraction of sp³-hybridized carbons (Fsp3) is 0.273. The lowest BCUT2D eigenvalue weighted by Crippen LogP contribution is -2.34. The number of nitrogens with one attached hydrogen (secondary N) is 2. The van der Waals surface area contributed by atoms with Gasteiger partial charge in [-0.3, -0.25) is 19.4 Å². The van der Waals surface area contributed by atoms with Gasteiger partial charge < -0.3 is 25.4 Å². The Morgan fingerprint density at radius 3 is 2.62 bits per heavy atom. The number of rotatable bonds is 7. The zero-order valence-corrected chi connectivity index (χ0v) is 17.6. The standard InChI is InChI=1S/C22H23FN4O5/c1-12(29)25-11-15-9-16(23)4-3-14(15)7-13-8-17-19(26-10-13)20(30)18(22(32)27(17)2)21(31)24-5-6-28/h3-4,8-10,28,30H,5-7,11H2,1-2H3,(H,24,31)(H,25,29). The maximum absolute atomic E-state index is 13.7. The van der Waals surface area contributed by atoms with Crippen LogP contribution in [0.3, 0.4) is 0 Å². The van der Waals surface area contributed by atoms with Crippen LogP contribution in [0.2, 0.25) is 0 Å². The van der Waals surface area contributed by atoms with Crippen LogP contribution in [0.15, 0.2) is 35.3 Å². The Bertz CT molecular complexity index is 1260. The number of aryl methyl sites for hydroxylation is 1. The number of carbonyl (C=O) groups is 2. The summed E-state index contributed by atoms with van der Waals surface area (Å²) in [6, 6.07) is 5.94. The van der Waals surface area contributed by atoms with Gasteiger partial charge in [0.15, 0.2) is 5.75 Å². The molecule has 2 aromatic heterocycles. The molecular formula is C22H23FN4O5. The van der Waals surface area contributed by atoms with Gasteiger partial charge in [0, 0.05) is 33.3 Å². The minimum Gasteiger partial charge on any atom is -0.505 e.